The summed E-state index contributed by atoms with van der Waals surface area (Å²) < 4.78 is 0. The molecule has 1 aromatic heterocycles. The molecule has 1 unspecified atom stereocenters. The number of hydrogen-bond acceptors (Lipinski definition) is 3. The van der Waals surface area contributed by atoms with Crippen LogP contribution in [-0.4, -0.2) is 11.0 Å². The van der Waals surface area contributed by atoms with E-state index in [9.17, 15) is 0 Å². The van der Waals surface area contributed by atoms with E-state index in [2.05, 4.69) is 24.1 Å². The Bertz CT molecular complexity index is 278. The lowest BCUT2D eigenvalue weighted by Gasteiger charge is -2.29. The zero-order valence-electron chi connectivity index (χ0n) is 8.21. The van der Waals surface area contributed by atoms with Crippen molar-refractivity contribution in [3.8, 4) is 0 Å². The van der Waals surface area contributed by atoms with Crippen LogP contribution in [-0.2, 0) is 0 Å². The van der Waals surface area contributed by atoms with Crippen LogP contribution in [0.2, 0.25) is 0 Å². The summed E-state index contributed by atoms with van der Waals surface area (Å²) >= 11 is 1.80. The predicted molar refractivity (Wildman–Crippen MR) is 56.0 cm³/mol. The van der Waals surface area contributed by atoms with Crippen molar-refractivity contribution in [1.82, 2.24) is 10.3 Å². The van der Waals surface area contributed by atoms with Gasteiger partial charge in [-0.25, -0.2) is 4.98 Å². The molecule has 1 fully saturated rings. The third kappa shape index (κ3) is 2.09. The predicted octanol–water partition coefficient (Wildman–Crippen LogP) is 2.65. The van der Waals surface area contributed by atoms with Crippen LogP contribution in [0.1, 0.15) is 42.1 Å². The summed E-state index contributed by atoms with van der Waals surface area (Å²) in [6, 6.07) is 1.24. The van der Waals surface area contributed by atoms with Gasteiger partial charge in [0.25, 0.3) is 0 Å². The molecule has 0 aromatic carbocycles. The molecule has 1 N–H and O–H groups in total. The van der Waals surface area contributed by atoms with Crippen LogP contribution >= 0.6 is 11.3 Å². The molecule has 1 saturated carbocycles. The maximum atomic E-state index is 4.27. The Balaban J connectivity index is 1.92. The number of aryl methyl sites for hydroxylation is 1. The van der Waals surface area contributed by atoms with Gasteiger partial charge >= 0.3 is 0 Å². The van der Waals surface area contributed by atoms with E-state index in [1.165, 1.54) is 24.1 Å². The van der Waals surface area contributed by atoms with Crippen molar-refractivity contribution in [2.75, 3.05) is 0 Å². The van der Waals surface area contributed by atoms with Crippen molar-refractivity contribution in [1.29, 1.82) is 0 Å². The van der Waals surface area contributed by atoms with Gasteiger partial charge in [-0.3, -0.25) is 0 Å². The molecular formula is C10H16N2S. The molecule has 72 valence electrons. The van der Waals surface area contributed by atoms with Gasteiger partial charge in [-0.05, 0) is 26.7 Å². The molecule has 2 rings (SSSR count). The monoisotopic (exact) mass is 196 g/mol. The van der Waals surface area contributed by atoms with Crippen LogP contribution < -0.4 is 5.32 Å². The molecule has 2 nitrogen and oxygen atoms in total. The fourth-order valence-corrected chi connectivity index (χ4v) is 2.39. The van der Waals surface area contributed by atoms with Gasteiger partial charge in [-0.15, -0.1) is 11.3 Å². The average Bonchev–Trinajstić information content (AvgIpc) is 2.44. The van der Waals surface area contributed by atoms with Crippen LogP contribution in [0.15, 0.2) is 6.20 Å². The van der Waals surface area contributed by atoms with E-state index in [0.717, 1.165) is 11.0 Å². The number of rotatable bonds is 3. The van der Waals surface area contributed by atoms with Crippen LogP contribution in [0.25, 0.3) is 0 Å². The first-order valence-electron chi connectivity index (χ1n) is 4.94. The topological polar surface area (TPSA) is 24.9 Å². The summed E-state index contributed by atoms with van der Waals surface area (Å²) in [5, 5.41) is 4.78. The first-order valence-corrected chi connectivity index (χ1v) is 5.76. The van der Waals surface area contributed by atoms with Gasteiger partial charge in [0.2, 0.25) is 0 Å². The zero-order chi connectivity index (χ0) is 9.26. The Hall–Kier alpha value is -0.410. The summed E-state index contributed by atoms with van der Waals surface area (Å²) in [6.07, 6.45) is 6.09. The quantitative estimate of drug-likeness (QED) is 0.804. The molecule has 0 aliphatic heterocycles. The third-order valence-corrected chi connectivity index (χ3v) is 3.75. The smallest absolute Gasteiger partial charge is 0.0897 e. The van der Waals surface area contributed by atoms with Gasteiger partial charge in [-0.2, -0.15) is 0 Å². The molecule has 1 aliphatic rings. The zero-order valence-corrected chi connectivity index (χ0v) is 9.03. The van der Waals surface area contributed by atoms with Crippen molar-refractivity contribution in [3.05, 3.63) is 16.1 Å². The van der Waals surface area contributed by atoms with Crippen LogP contribution in [0.4, 0.5) is 0 Å². The van der Waals surface area contributed by atoms with Crippen molar-refractivity contribution in [2.45, 2.75) is 45.2 Å². The lowest BCUT2D eigenvalue weighted by Crippen LogP contribution is -2.36. The Morgan fingerprint density at radius 3 is 2.85 bits per heavy atom. The van der Waals surface area contributed by atoms with Gasteiger partial charge in [-0.1, -0.05) is 6.42 Å². The molecule has 0 radical (unpaired) electrons. The molecule has 0 amide bonds. The Kier molecular flexibility index (Phi) is 2.65. The fraction of sp³-hybridized carbons (Fsp3) is 0.700. The number of nitrogens with one attached hydrogen (secondary N) is 1. The Morgan fingerprint density at radius 2 is 2.38 bits per heavy atom. The molecule has 13 heavy (non-hydrogen) atoms. The van der Waals surface area contributed by atoms with Crippen LogP contribution in [0, 0.1) is 6.92 Å². The Labute approximate surface area is 83.4 Å². The minimum atomic E-state index is 0.483. The largest absolute Gasteiger partial charge is 0.307 e. The highest BCUT2D eigenvalue weighted by molar-refractivity contribution is 7.11. The Morgan fingerprint density at radius 1 is 1.62 bits per heavy atom. The molecule has 1 heterocycles. The van der Waals surface area contributed by atoms with E-state index in [1.807, 2.05) is 6.20 Å². The summed E-state index contributed by atoms with van der Waals surface area (Å²) in [5.74, 6) is 0. The highest BCUT2D eigenvalue weighted by Crippen LogP contribution is 2.25. The van der Waals surface area contributed by atoms with Gasteiger partial charge in [0.15, 0.2) is 0 Å². The van der Waals surface area contributed by atoms with Gasteiger partial charge in [0, 0.05) is 23.2 Å². The van der Waals surface area contributed by atoms with Crippen molar-refractivity contribution >= 4 is 11.3 Å². The molecule has 0 bridgehead atoms. The minimum Gasteiger partial charge on any atom is -0.307 e. The van der Waals surface area contributed by atoms with E-state index >= 15 is 0 Å². The lowest BCUT2D eigenvalue weighted by molar-refractivity contribution is 0.314. The van der Waals surface area contributed by atoms with Crippen molar-refractivity contribution in [3.63, 3.8) is 0 Å². The van der Waals surface area contributed by atoms with Crippen molar-refractivity contribution < 1.29 is 0 Å². The van der Waals surface area contributed by atoms with E-state index in [4.69, 9.17) is 0 Å². The first kappa shape index (κ1) is 9.16. The summed E-state index contributed by atoms with van der Waals surface area (Å²) in [4.78, 5) is 5.63. The van der Waals surface area contributed by atoms with E-state index < -0.39 is 0 Å². The lowest BCUT2D eigenvalue weighted by atomic mass is 9.92. The van der Waals surface area contributed by atoms with Crippen molar-refractivity contribution in [2.24, 2.45) is 0 Å². The maximum Gasteiger partial charge on any atom is 0.0897 e. The maximum absolute atomic E-state index is 4.27. The second-order valence-corrected chi connectivity index (χ2v) is 5.06. The average molecular weight is 196 g/mol. The summed E-state index contributed by atoms with van der Waals surface area (Å²) in [6.45, 7) is 4.29. The second-order valence-electron chi connectivity index (χ2n) is 3.80. The molecule has 1 atom stereocenters. The SMILES string of the molecule is Cc1ncc(C(C)NC2CCC2)s1. The highest BCUT2D eigenvalue weighted by Gasteiger charge is 2.20. The highest BCUT2D eigenvalue weighted by atomic mass is 32.1. The number of nitrogens with zero attached hydrogens (tertiary/aromatic N) is 1. The van der Waals surface area contributed by atoms with Gasteiger partial charge in [0.1, 0.15) is 0 Å². The fourth-order valence-electron chi connectivity index (χ4n) is 1.59. The summed E-state index contributed by atoms with van der Waals surface area (Å²) in [7, 11) is 0. The standard InChI is InChI=1S/C10H16N2S/c1-7(12-9-4-3-5-9)10-6-11-8(2)13-10/h6-7,9,12H,3-5H2,1-2H3. The molecule has 1 aliphatic carbocycles. The molecule has 1 aromatic rings. The minimum absolute atomic E-state index is 0.483. The number of hydrogen-bond donors (Lipinski definition) is 1. The third-order valence-electron chi connectivity index (χ3n) is 2.66. The second kappa shape index (κ2) is 3.76. The van der Waals surface area contributed by atoms with Gasteiger partial charge < -0.3 is 5.32 Å². The van der Waals surface area contributed by atoms with Crippen LogP contribution in [0.5, 0.6) is 0 Å². The van der Waals surface area contributed by atoms with E-state index in [-0.39, 0.29) is 0 Å². The molecular weight excluding hydrogens is 180 g/mol. The van der Waals surface area contributed by atoms with Gasteiger partial charge in [0.05, 0.1) is 5.01 Å². The molecule has 3 heteroatoms. The van der Waals surface area contributed by atoms with Crippen LogP contribution in [0.3, 0.4) is 0 Å². The first-order chi connectivity index (χ1) is 6.25. The van der Waals surface area contributed by atoms with E-state index in [1.54, 1.807) is 11.3 Å². The molecule has 0 spiro atoms. The normalized spacial score (nSPS) is 19.8. The number of aromatic nitrogens is 1. The number of thiazole rings is 1. The van der Waals surface area contributed by atoms with E-state index in [0.29, 0.717) is 6.04 Å². The molecule has 0 saturated heterocycles. The summed E-state index contributed by atoms with van der Waals surface area (Å²) in [5.41, 5.74) is 0.